The van der Waals surface area contributed by atoms with E-state index in [4.69, 9.17) is 0 Å². The lowest BCUT2D eigenvalue weighted by atomic mass is 9.82. The van der Waals surface area contributed by atoms with E-state index in [9.17, 15) is 0 Å². The van der Waals surface area contributed by atoms with E-state index < -0.39 is 0 Å². The summed E-state index contributed by atoms with van der Waals surface area (Å²) in [6, 6.07) is 0. The van der Waals surface area contributed by atoms with Gasteiger partial charge in [-0.15, -0.1) is 0 Å². The molecule has 4 atom stereocenters. The maximum atomic E-state index is 2.40. The van der Waals surface area contributed by atoms with Crippen LogP contribution in [0.2, 0.25) is 0 Å². The van der Waals surface area contributed by atoms with Gasteiger partial charge in [-0.3, -0.25) is 0 Å². The van der Waals surface area contributed by atoms with E-state index in [0.29, 0.717) is 5.41 Å². The average Bonchev–Trinajstić information content (AvgIpc) is 3.52. The second-order valence-corrected chi connectivity index (χ2v) is 31.0. The lowest BCUT2D eigenvalue weighted by molar-refractivity contribution is 0.289. The third-order valence-corrected chi connectivity index (χ3v) is 19.3. The highest BCUT2D eigenvalue weighted by atomic mass is 14.2. The van der Waals surface area contributed by atoms with Crippen molar-refractivity contribution in [1.82, 2.24) is 0 Å². The van der Waals surface area contributed by atoms with Gasteiger partial charge in [-0.2, -0.15) is 0 Å². The standard InChI is InChI=1S/8C11H24/c1-5-6-7-11(4)9-8-10(2)3;1-5-7-8-11(6-2)9-10(3)4;1-5-7-9-11(3,4)10-8-6-2;1-5-7-9-11(8-6-2)10(3)4;1-4-6-8-10-11(3)9-7-5-2;2*1-4-7-9-11(6-3)10-8-5-2;1-4-7-10-11(8-5-2)9-6-3/h2*10-11H,5-9H2,1-4H3;5-10H2,1-4H3;10-11H,5-9H2,1-4H3;4*11H,4-10H2,1-3H3. The highest BCUT2D eigenvalue weighted by Gasteiger charge is 2.16. The van der Waals surface area contributed by atoms with Crippen LogP contribution in [-0.2, 0) is 0 Å². The molecule has 0 spiro atoms. The second kappa shape index (κ2) is 89.1. The Bertz CT molecular complexity index is 1020. The predicted molar refractivity (Wildman–Crippen MR) is 422 cm³/mol. The van der Waals surface area contributed by atoms with Crippen molar-refractivity contribution in [1.29, 1.82) is 0 Å². The summed E-state index contributed by atoms with van der Waals surface area (Å²) in [6.45, 7) is 64.8. The molecule has 0 radical (unpaired) electrons. The van der Waals surface area contributed by atoms with Crippen LogP contribution in [0.1, 0.15) is 508 Å². The third-order valence-electron chi connectivity index (χ3n) is 19.3. The molecule has 0 aliphatic rings. The van der Waals surface area contributed by atoms with Crippen LogP contribution in [0.5, 0.6) is 0 Å². The van der Waals surface area contributed by atoms with E-state index in [0.717, 1.165) is 59.2 Å². The Hall–Kier alpha value is 0. The van der Waals surface area contributed by atoms with Crippen molar-refractivity contribution in [2.75, 3.05) is 0 Å². The van der Waals surface area contributed by atoms with Gasteiger partial charge >= 0.3 is 0 Å². The minimum atomic E-state index is 0.603. The van der Waals surface area contributed by atoms with E-state index in [1.807, 2.05) is 0 Å². The van der Waals surface area contributed by atoms with Crippen LogP contribution in [0.15, 0.2) is 0 Å². The first kappa shape index (κ1) is 104. The summed E-state index contributed by atoms with van der Waals surface area (Å²) in [5, 5.41) is 0. The molecular formula is C88H192. The summed E-state index contributed by atoms with van der Waals surface area (Å²) >= 11 is 0. The topological polar surface area (TPSA) is 0 Å². The molecule has 0 aromatic carbocycles. The van der Waals surface area contributed by atoms with Crippen LogP contribution in [-0.4, -0.2) is 0 Å². The Morgan fingerprint density at radius 3 is 0.784 bits per heavy atom. The van der Waals surface area contributed by atoms with E-state index in [-0.39, 0.29) is 0 Å². The van der Waals surface area contributed by atoms with Crippen molar-refractivity contribution >= 4 is 0 Å². The fourth-order valence-electron chi connectivity index (χ4n) is 12.3. The molecule has 0 aromatic rings. The SMILES string of the molecule is CCCCC(C)(C)CCCC.CCCCC(C)CCC(C)C.CCCCC(CC)CC(C)C.CCCCC(CC)CCCC.CCCCC(CC)CCCC.CCCCC(CCC)C(C)C.CCCCC(CCC)CCC.CCCCCC(C)CCCC. The van der Waals surface area contributed by atoms with Gasteiger partial charge in [-0.05, 0) is 83.9 Å². The maximum Gasteiger partial charge on any atom is -0.0354 e. The summed E-state index contributed by atoms with van der Waals surface area (Å²) in [6.07, 6.45) is 69.0. The first-order valence-electron chi connectivity index (χ1n) is 42.1. The van der Waals surface area contributed by atoms with Crippen LogP contribution >= 0.6 is 0 Å². The molecule has 0 bridgehead atoms. The van der Waals surface area contributed by atoms with Gasteiger partial charge in [0.25, 0.3) is 0 Å². The minimum absolute atomic E-state index is 0.603. The summed E-state index contributed by atoms with van der Waals surface area (Å²) < 4.78 is 0. The molecule has 0 saturated carbocycles. The largest absolute Gasteiger partial charge is 0.0654 e. The predicted octanol–water partition coefficient (Wildman–Crippen LogP) is 34.7. The highest BCUT2D eigenvalue weighted by molar-refractivity contribution is 4.68. The maximum absolute atomic E-state index is 2.40. The van der Waals surface area contributed by atoms with Crippen LogP contribution in [0.4, 0.5) is 0 Å². The Labute approximate surface area is 570 Å². The molecule has 544 valence electrons. The molecule has 0 amide bonds. The normalized spacial score (nSPS) is 12.5. The molecule has 0 nitrogen and oxygen atoms in total. The van der Waals surface area contributed by atoms with Crippen LogP contribution in [0, 0.1) is 64.6 Å². The molecule has 4 unspecified atom stereocenters. The molecule has 0 saturated heterocycles. The number of rotatable bonds is 52. The zero-order valence-corrected chi connectivity index (χ0v) is 68.9. The van der Waals surface area contributed by atoms with Crippen LogP contribution < -0.4 is 0 Å². The van der Waals surface area contributed by atoms with E-state index in [1.165, 1.54) is 315 Å². The molecule has 0 rings (SSSR count). The van der Waals surface area contributed by atoms with Gasteiger partial charge in [0.05, 0.1) is 0 Å². The van der Waals surface area contributed by atoms with Gasteiger partial charge < -0.3 is 0 Å². The van der Waals surface area contributed by atoms with Crippen molar-refractivity contribution in [3.8, 4) is 0 Å². The van der Waals surface area contributed by atoms with Crippen molar-refractivity contribution in [3.63, 3.8) is 0 Å². The molecule has 0 heterocycles. The molecule has 0 heteroatoms. The molecule has 0 aliphatic heterocycles. The van der Waals surface area contributed by atoms with Crippen LogP contribution in [0.3, 0.4) is 0 Å². The second-order valence-electron chi connectivity index (χ2n) is 31.0. The highest BCUT2D eigenvalue weighted by Crippen LogP contribution is 2.30. The first-order valence-corrected chi connectivity index (χ1v) is 42.1. The summed E-state index contributed by atoms with van der Waals surface area (Å²) in [7, 11) is 0. The van der Waals surface area contributed by atoms with Gasteiger partial charge in [0.1, 0.15) is 0 Å². The number of hydrogen-bond donors (Lipinski definition) is 0. The van der Waals surface area contributed by atoms with E-state index >= 15 is 0 Å². The first-order chi connectivity index (χ1) is 42.1. The molecule has 0 fully saturated rings. The zero-order chi connectivity index (χ0) is 68.9. The monoisotopic (exact) mass is 1250 g/mol. The number of unbranched alkanes of at least 4 members (excludes halogenated alkanes) is 13. The quantitative estimate of drug-likeness (QED) is 0.0533. The van der Waals surface area contributed by atoms with Gasteiger partial charge in [-0.25, -0.2) is 0 Å². The summed E-state index contributed by atoms with van der Waals surface area (Å²) in [5.41, 5.74) is 0.603. The Morgan fingerprint density at radius 1 is 0.216 bits per heavy atom. The smallest absolute Gasteiger partial charge is 0.0354 e. The summed E-state index contributed by atoms with van der Waals surface area (Å²) in [5.74, 6) is 9.65. The fourth-order valence-corrected chi connectivity index (χ4v) is 12.3. The van der Waals surface area contributed by atoms with Crippen molar-refractivity contribution in [3.05, 3.63) is 0 Å². The summed E-state index contributed by atoms with van der Waals surface area (Å²) in [4.78, 5) is 0. The minimum Gasteiger partial charge on any atom is -0.0654 e. The Kier molecular flexibility index (Phi) is 105. The third kappa shape index (κ3) is 99.6. The van der Waals surface area contributed by atoms with Crippen LogP contribution in [0.25, 0.3) is 0 Å². The number of hydrogen-bond acceptors (Lipinski definition) is 0. The van der Waals surface area contributed by atoms with Crippen molar-refractivity contribution < 1.29 is 0 Å². The molecule has 0 N–H and O–H groups in total. The average molecular weight is 1250 g/mol. The fraction of sp³-hybridized carbons (Fsp3) is 1.00. The molecule has 88 heavy (non-hydrogen) atoms. The Morgan fingerprint density at radius 2 is 0.500 bits per heavy atom. The van der Waals surface area contributed by atoms with Gasteiger partial charge in [-0.1, -0.05) is 489 Å². The molecule has 0 aliphatic carbocycles. The van der Waals surface area contributed by atoms with Crippen molar-refractivity contribution in [2.45, 2.75) is 508 Å². The zero-order valence-electron chi connectivity index (χ0n) is 68.9. The molecular weight excluding hydrogens is 1060 g/mol. The lowest BCUT2D eigenvalue weighted by Crippen LogP contribution is -2.10. The van der Waals surface area contributed by atoms with E-state index in [1.54, 1.807) is 0 Å². The van der Waals surface area contributed by atoms with Crippen molar-refractivity contribution in [2.24, 2.45) is 64.6 Å². The Balaban J connectivity index is -0.000000139. The van der Waals surface area contributed by atoms with E-state index in [2.05, 4.69) is 194 Å². The van der Waals surface area contributed by atoms with Gasteiger partial charge in [0.15, 0.2) is 0 Å². The van der Waals surface area contributed by atoms with Gasteiger partial charge in [0.2, 0.25) is 0 Å². The molecule has 0 aromatic heterocycles. The van der Waals surface area contributed by atoms with Gasteiger partial charge in [0, 0.05) is 0 Å². The lowest BCUT2D eigenvalue weighted by Gasteiger charge is -2.23.